The summed E-state index contributed by atoms with van der Waals surface area (Å²) >= 11 is 4.83. The summed E-state index contributed by atoms with van der Waals surface area (Å²) in [4.78, 5) is 4.13. The molecule has 6 heteroatoms. The van der Waals surface area contributed by atoms with E-state index in [2.05, 4.69) is 15.6 Å². The highest BCUT2D eigenvalue weighted by Crippen LogP contribution is 2.15. The zero-order valence-corrected chi connectivity index (χ0v) is 7.14. The number of nitrogens with zero attached hydrogens (tertiary/aromatic N) is 2. The van der Waals surface area contributed by atoms with E-state index in [1.54, 1.807) is 16.7 Å². The number of thiocarbonyl (C=S) groups is 1. The Labute approximate surface area is 75.3 Å². The zero-order chi connectivity index (χ0) is 8.55. The Kier molecular flexibility index (Phi) is 1.70. The second-order valence-electron chi connectivity index (χ2n) is 2.57. The van der Waals surface area contributed by atoms with Gasteiger partial charge in [-0.25, -0.2) is 5.84 Å². The minimum atomic E-state index is -0.0650. The molecule has 2 aliphatic heterocycles. The molecule has 5 nitrogen and oxygen atoms in total. The Hall–Kier alpha value is -1.14. The van der Waals surface area contributed by atoms with Crippen molar-refractivity contribution in [2.24, 2.45) is 10.8 Å². The number of rotatable bonds is 1. The van der Waals surface area contributed by atoms with Crippen LogP contribution >= 0.6 is 12.2 Å². The molecule has 4 N–H and O–H groups in total. The molecule has 0 aliphatic carbocycles. The Morgan fingerprint density at radius 3 is 3.42 bits per heavy atom. The molecule has 12 heavy (non-hydrogen) atoms. The van der Waals surface area contributed by atoms with Crippen LogP contribution in [0.15, 0.2) is 16.5 Å². The van der Waals surface area contributed by atoms with Crippen LogP contribution in [0.2, 0.25) is 0 Å². The van der Waals surface area contributed by atoms with E-state index < -0.39 is 0 Å². The Balaban J connectivity index is 2.30. The summed E-state index contributed by atoms with van der Waals surface area (Å²) in [5.74, 6) is 6.50. The molecule has 2 aliphatic rings. The highest BCUT2D eigenvalue weighted by molar-refractivity contribution is 7.79. The van der Waals surface area contributed by atoms with Crippen molar-refractivity contribution in [2.75, 3.05) is 6.67 Å². The minimum absolute atomic E-state index is 0.0650. The molecule has 0 saturated heterocycles. The average Bonchev–Trinajstić information content (AvgIpc) is 2.48. The van der Waals surface area contributed by atoms with E-state index in [-0.39, 0.29) is 6.04 Å². The average molecular weight is 183 g/mol. The smallest absolute Gasteiger partial charge is 0.145 e. The quantitative estimate of drug-likeness (QED) is 0.355. The van der Waals surface area contributed by atoms with Crippen molar-refractivity contribution < 1.29 is 0 Å². The summed E-state index contributed by atoms with van der Waals surface area (Å²) in [7, 11) is 0. The highest BCUT2D eigenvalue weighted by Gasteiger charge is 2.26. The maximum Gasteiger partial charge on any atom is 0.145 e. The Morgan fingerprint density at radius 1 is 1.83 bits per heavy atom. The monoisotopic (exact) mass is 183 g/mol. The normalized spacial score (nSPS) is 26.4. The molecule has 0 fully saturated rings. The van der Waals surface area contributed by atoms with Gasteiger partial charge in [-0.3, -0.25) is 10.0 Å². The Bertz CT molecular complexity index is 271. The number of hydrogen-bond donors (Lipinski definition) is 3. The number of hydrogen-bond acceptors (Lipinski definition) is 6. The molecule has 1 atom stereocenters. The summed E-state index contributed by atoms with van der Waals surface area (Å²) in [5.41, 5.74) is 0.954. The second-order valence-corrected chi connectivity index (χ2v) is 2.84. The first-order valence-corrected chi connectivity index (χ1v) is 4.04. The highest BCUT2D eigenvalue weighted by atomic mass is 32.1. The summed E-state index contributed by atoms with van der Waals surface area (Å²) in [5, 5.41) is 9.27. The molecule has 0 radical (unpaired) electrons. The molecule has 0 aromatic carbocycles. The molecule has 0 amide bonds. The molecule has 0 bridgehead atoms. The third kappa shape index (κ3) is 0.961. The van der Waals surface area contributed by atoms with Gasteiger partial charge in [-0.2, -0.15) is 0 Å². The van der Waals surface area contributed by atoms with Crippen LogP contribution in [0.3, 0.4) is 0 Å². The summed E-state index contributed by atoms with van der Waals surface area (Å²) in [6.45, 7) is 0.598. The maximum atomic E-state index is 5.65. The molecule has 64 valence electrons. The lowest BCUT2D eigenvalue weighted by atomic mass is 10.2. The largest absolute Gasteiger partial charge is 0.365 e. The van der Waals surface area contributed by atoms with E-state index in [0.29, 0.717) is 6.67 Å². The van der Waals surface area contributed by atoms with Gasteiger partial charge in [-0.15, -0.1) is 0 Å². The molecule has 0 aromatic heterocycles. The van der Waals surface area contributed by atoms with Gasteiger partial charge in [0.05, 0.1) is 12.0 Å². The fraction of sp³-hybridized carbons (Fsp3) is 0.333. The number of nitrogens with one attached hydrogen (secondary N) is 2. The number of nitrogens with two attached hydrogens (primary N) is 1. The molecule has 1 unspecified atom stereocenters. The number of aliphatic imine (C=N–C) groups is 1. The van der Waals surface area contributed by atoms with Gasteiger partial charge in [0, 0.05) is 5.37 Å². The topological polar surface area (TPSA) is 65.7 Å². The SMILES string of the molecule is NN1CNC2=C1NC=NC2C=S. The molecule has 0 saturated carbocycles. The van der Waals surface area contributed by atoms with Crippen LogP contribution in [0.5, 0.6) is 0 Å². The van der Waals surface area contributed by atoms with Crippen molar-refractivity contribution in [1.82, 2.24) is 15.6 Å². The van der Waals surface area contributed by atoms with Gasteiger partial charge in [0.2, 0.25) is 0 Å². The van der Waals surface area contributed by atoms with Crippen LogP contribution in [0.25, 0.3) is 0 Å². The molecule has 0 spiro atoms. The van der Waals surface area contributed by atoms with Crippen LogP contribution in [-0.2, 0) is 0 Å². The Morgan fingerprint density at radius 2 is 2.67 bits per heavy atom. The first-order valence-electron chi connectivity index (χ1n) is 3.56. The van der Waals surface area contributed by atoms with E-state index in [1.807, 2.05) is 0 Å². The van der Waals surface area contributed by atoms with Crippen LogP contribution in [0, 0.1) is 0 Å². The van der Waals surface area contributed by atoms with Crippen LogP contribution in [0.4, 0.5) is 0 Å². The first kappa shape index (κ1) is 7.51. The van der Waals surface area contributed by atoms with Gasteiger partial charge in [-0.05, 0) is 0 Å². The van der Waals surface area contributed by atoms with Crippen LogP contribution in [-0.4, -0.2) is 29.4 Å². The van der Waals surface area contributed by atoms with Crippen molar-refractivity contribution in [3.8, 4) is 0 Å². The van der Waals surface area contributed by atoms with E-state index in [0.717, 1.165) is 11.5 Å². The molecule has 2 heterocycles. The number of hydrazine groups is 1. The van der Waals surface area contributed by atoms with E-state index in [9.17, 15) is 0 Å². The maximum absolute atomic E-state index is 5.65. The predicted molar refractivity (Wildman–Crippen MR) is 50.1 cm³/mol. The zero-order valence-electron chi connectivity index (χ0n) is 6.32. The molecular formula is C6H9N5S. The lowest BCUT2D eigenvalue weighted by Crippen LogP contribution is -2.36. The van der Waals surface area contributed by atoms with Crippen LogP contribution < -0.4 is 16.5 Å². The van der Waals surface area contributed by atoms with Crippen LogP contribution in [0.1, 0.15) is 0 Å². The summed E-state index contributed by atoms with van der Waals surface area (Å²) in [6.07, 6.45) is 1.61. The lowest BCUT2D eigenvalue weighted by molar-refractivity contribution is 0.368. The fourth-order valence-electron chi connectivity index (χ4n) is 1.25. The van der Waals surface area contributed by atoms with E-state index in [4.69, 9.17) is 18.1 Å². The van der Waals surface area contributed by atoms with Gasteiger partial charge >= 0.3 is 0 Å². The van der Waals surface area contributed by atoms with Crippen molar-refractivity contribution >= 4 is 23.9 Å². The molecular weight excluding hydrogens is 174 g/mol. The third-order valence-electron chi connectivity index (χ3n) is 1.84. The molecule has 0 aromatic rings. The predicted octanol–water partition coefficient (Wildman–Crippen LogP) is -1.11. The van der Waals surface area contributed by atoms with E-state index >= 15 is 0 Å². The standard InChI is InChI=1S/C6H9N5S/c7-11-3-10-5-4(1-12)8-2-9-6(5)11/h1-2,4,10H,3,7H2,(H,8,9). The van der Waals surface area contributed by atoms with Crippen molar-refractivity contribution in [2.45, 2.75) is 6.04 Å². The van der Waals surface area contributed by atoms with Gasteiger partial charge in [0.1, 0.15) is 18.5 Å². The summed E-state index contributed by atoms with van der Waals surface area (Å²) in [6, 6.07) is -0.0650. The third-order valence-corrected chi connectivity index (χ3v) is 2.10. The second kappa shape index (κ2) is 2.72. The van der Waals surface area contributed by atoms with Gasteiger partial charge in [-0.1, -0.05) is 12.2 Å². The van der Waals surface area contributed by atoms with Gasteiger partial charge in [0.25, 0.3) is 0 Å². The van der Waals surface area contributed by atoms with Gasteiger partial charge in [0.15, 0.2) is 0 Å². The van der Waals surface area contributed by atoms with Crippen molar-refractivity contribution in [3.05, 3.63) is 11.5 Å². The first-order chi connectivity index (χ1) is 5.83. The fourth-order valence-corrected chi connectivity index (χ4v) is 1.46. The molecule has 2 rings (SSSR count). The van der Waals surface area contributed by atoms with Gasteiger partial charge < -0.3 is 10.6 Å². The minimum Gasteiger partial charge on any atom is -0.365 e. The van der Waals surface area contributed by atoms with E-state index in [1.165, 1.54) is 0 Å². The lowest BCUT2D eigenvalue weighted by Gasteiger charge is -2.18. The summed E-state index contributed by atoms with van der Waals surface area (Å²) < 4.78 is 0. The van der Waals surface area contributed by atoms with Crippen molar-refractivity contribution in [3.63, 3.8) is 0 Å². The van der Waals surface area contributed by atoms with Crippen molar-refractivity contribution in [1.29, 1.82) is 0 Å².